The van der Waals surface area contributed by atoms with Crippen molar-refractivity contribution in [1.82, 2.24) is 4.90 Å². The lowest BCUT2D eigenvalue weighted by Crippen LogP contribution is -2.39. The summed E-state index contributed by atoms with van der Waals surface area (Å²) >= 11 is 0. The summed E-state index contributed by atoms with van der Waals surface area (Å²) in [4.78, 5) is 13.6. The van der Waals surface area contributed by atoms with Gasteiger partial charge in [-0.15, -0.1) is 0 Å². The number of ketones is 1. The fraction of sp³-hybridized carbons (Fsp3) is 0.875. The zero-order valence-corrected chi connectivity index (χ0v) is 6.34. The van der Waals surface area contributed by atoms with E-state index in [0.29, 0.717) is 17.6 Å². The third-order valence-electron chi connectivity index (χ3n) is 2.73. The molecule has 2 bridgehead atoms. The van der Waals surface area contributed by atoms with Gasteiger partial charge in [-0.25, -0.2) is 0 Å². The first-order valence-corrected chi connectivity index (χ1v) is 3.99. The lowest BCUT2D eigenvalue weighted by Gasteiger charge is -2.26. The van der Waals surface area contributed by atoms with Crippen LogP contribution in [-0.2, 0) is 4.79 Å². The van der Waals surface area contributed by atoms with Crippen molar-refractivity contribution < 1.29 is 4.79 Å². The van der Waals surface area contributed by atoms with Gasteiger partial charge in [-0.05, 0) is 19.9 Å². The van der Waals surface area contributed by atoms with Crippen LogP contribution in [0.4, 0.5) is 0 Å². The van der Waals surface area contributed by atoms with Crippen LogP contribution in [0.3, 0.4) is 0 Å². The standard InChI is InChI=1S/C8H13NO/c1-9-4-6-2-3-7(5-9)8(6)10/h6-7H,2-5H2,1H3/t6-,7-/m1/s1. The fourth-order valence-electron chi connectivity index (χ4n) is 2.21. The predicted octanol–water partition coefficient (Wildman–Crippen LogP) is 0.527. The molecule has 2 atom stereocenters. The number of hydrogen-bond acceptors (Lipinski definition) is 2. The molecule has 0 amide bonds. The summed E-state index contributed by atoms with van der Waals surface area (Å²) in [6.45, 7) is 2.02. The lowest BCUT2D eigenvalue weighted by molar-refractivity contribution is -0.127. The Balaban J connectivity index is 2.16. The van der Waals surface area contributed by atoms with Gasteiger partial charge in [0, 0.05) is 24.9 Å². The van der Waals surface area contributed by atoms with Gasteiger partial charge in [-0.2, -0.15) is 0 Å². The second-order valence-corrected chi connectivity index (χ2v) is 3.59. The molecule has 1 saturated carbocycles. The highest BCUT2D eigenvalue weighted by molar-refractivity contribution is 5.86. The van der Waals surface area contributed by atoms with Gasteiger partial charge in [0.2, 0.25) is 0 Å². The number of likely N-dealkylation sites (tertiary alicyclic amines) is 1. The molecule has 0 spiro atoms. The van der Waals surface area contributed by atoms with Crippen molar-refractivity contribution in [2.75, 3.05) is 20.1 Å². The summed E-state index contributed by atoms with van der Waals surface area (Å²) in [5, 5.41) is 0. The topological polar surface area (TPSA) is 20.3 Å². The average molecular weight is 139 g/mol. The molecule has 10 heavy (non-hydrogen) atoms. The van der Waals surface area contributed by atoms with Crippen molar-refractivity contribution in [3.63, 3.8) is 0 Å². The molecule has 1 aliphatic heterocycles. The first-order valence-electron chi connectivity index (χ1n) is 3.99. The van der Waals surface area contributed by atoms with Gasteiger partial charge in [0.15, 0.2) is 0 Å². The molecule has 2 nitrogen and oxygen atoms in total. The minimum absolute atomic E-state index is 0.392. The van der Waals surface area contributed by atoms with Crippen LogP contribution in [0.2, 0.25) is 0 Å². The van der Waals surface area contributed by atoms with E-state index in [1.165, 1.54) is 0 Å². The van der Waals surface area contributed by atoms with E-state index < -0.39 is 0 Å². The molecule has 0 unspecified atom stereocenters. The van der Waals surface area contributed by atoms with E-state index in [1.54, 1.807) is 0 Å². The molecule has 0 N–H and O–H groups in total. The smallest absolute Gasteiger partial charge is 0.141 e. The first kappa shape index (κ1) is 6.35. The number of Topliss-reactive ketones (excluding diaryl/α,β-unsaturated/α-hetero) is 1. The maximum absolute atomic E-state index is 11.3. The number of nitrogens with zero attached hydrogens (tertiary/aromatic N) is 1. The fourth-order valence-corrected chi connectivity index (χ4v) is 2.21. The first-order chi connectivity index (χ1) is 4.77. The normalized spacial score (nSPS) is 40.7. The van der Waals surface area contributed by atoms with E-state index in [1.807, 2.05) is 0 Å². The van der Waals surface area contributed by atoms with Crippen LogP contribution in [0.25, 0.3) is 0 Å². The highest BCUT2D eigenvalue weighted by Crippen LogP contribution is 2.32. The van der Waals surface area contributed by atoms with E-state index >= 15 is 0 Å². The lowest BCUT2D eigenvalue weighted by atomic mass is 9.98. The van der Waals surface area contributed by atoms with Crippen LogP contribution in [0, 0.1) is 11.8 Å². The van der Waals surface area contributed by atoms with Crippen molar-refractivity contribution in [2.24, 2.45) is 11.8 Å². The Morgan fingerprint density at radius 2 is 1.80 bits per heavy atom. The third-order valence-corrected chi connectivity index (χ3v) is 2.73. The number of hydrogen-bond donors (Lipinski definition) is 0. The molecule has 1 saturated heterocycles. The molecule has 2 heteroatoms. The highest BCUT2D eigenvalue weighted by atomic mass is 16.1. The molecule has 2 rings (SSSR count). The summed E-state index contributed by atoms with van der Waals surface area (Å²) in [7, 11) is 2.11. The van der Waals surface area contributed by atoms with E-state index in [0.717, 1.165) is 25.9 Å². The SMILES string of the molecule is CN1C[C@H]2CC[C@H](C1)C2=O. The highest BCUT2D eigenvalue weighted by Gasteiger charge is 2.39. The summed E-state index contributed by atoms with van der Waals surface area (Å²) in [5.74, 6) is 1.32. The molecular weight excluding hydrogens is 126 g/mol. The van der Waals surface area contributed by atoms with Crippen LogP contribution in [0.15, 0.2) is 0 Å². The molecule has 2 aliphatic rings. The summed E-state index contributed by atoms with van der Waals surface area (Å²) in [5.41, 5.74) is 0. The van der Waals surface area contributed by atoms with Gasteiger partial charge in [0.05, 0.1) is 0 Å². The molecule has 0 aromatic rings. The van der Waals surface area contributed by atoms with Crippen LogP contribution >= 0.6 is 0 Å². The molecule has 1 aliphatic carbocycles. The summed E-state index contributed by atoms with van der Waals surface area (Å²) < 4.78 is 0. The van der Waals surface area contributed by atoms with Gasteiger partial charge in [0.1, 0.15) is 5.78 Å². The van der Waals surface area contributed by atoms with E-state index in [-0.39, 0.29) is 0 Å². The van der Waals surface area contributed by atoms with Crippen molar-refractivity contribution in [2.45, 2.75) is 12.8 Å². The minimum Gasteiger partial charge on any atom is -0.305 e. The number of fused-ring (bicyclic) bond motifs is 2. The van der Waals surface area contributed by atoms with Crippen LogP contribution in [-0.4, -0.2) is 30.8 Å². The predicted molar refractivity (Wildman–Crippen MR) is 38.7 cm³/mol. The van der Waals surface area contributed by atoms with Gasteiger partial charge in [-0.3, -0.25) is 4.79 Å². The Hall–Kier alpha value is -0.370. The van der Waals surface area contributed by atoms with E-state index in [4.69, 9.17) is 0 Å². The Kier molecular flexibility index (Phi) is 1.31. The second-order valence-electron chi connectivity index (χ2n) is 3.59. The van der Waals surface area contributed by atoms with Crippen molar-refractivity contribution in [1.29, 1.82) is 0 Å². The number of piperidine rings is 1. The largest absolute Gasteiger partial charge is 0.305 e. The Morgan fingerprint density at radius 3 is 2.30 bits per heavy atom. The molecular formula is C8H13NO. The van der Waals surface area contributed by atoms with Crippen LogP contribution < -0.4 is 0 Å². The number of carbonyl (C=O) groups excluding carboxylic acids is 1. The Labute approximate surface area is 61.2 Å². The van der Waals surface area contributed by atoms with Crippen molar-refractivity contribution >= 4 is 5.78 Å². The van der Waals surface area contributed by atoms with Gasteiger partial charge >= 0.3 is 0 Å². The summed E-state index contributed by atoms with van der Waals surface area (Å²) in [6.07, 6.45) is 2.29. The Morgan fingerprint density at radius 1 is 1.30 bits per heavy atom. The molecule has 1 heterocycles. The minimum atomic E-state index is 0.392. The molecule has 0 aromatic heterocycles. The van der Waals surface area contributed by atoms with Crippen LogP contribution in [0.1, 0.15) is 12.8 Å². The van der Waals surface area contributed by atoms with E-state index in [9.17, 15) is 4.79 Å². The second kappa shape index (κ2) is 2.06. The van der Waals surface area contributed by atoms with Crippen molar-refractivity contribution in [3.8, 4) is 0 Å². The molecule has 56 valence electrons. The van der Waals surface area contributed by atoms with Crippen molar-refractivity contribution in [3.05, 3.63) is 0 Å². The zero-order valence-electron chi connectivity index (χ0n) is 6.34. The number of rotatable bonds is 0. The van der Waals surface area contributed by atoms with E-state index in [2.05, 4.69) is 11.9 Å². The average Bonchev–Trinajstić information content (AvgIpc) is 2.20. The quantitative estimate of drug-likeness (QED) is 0.488. The van der Waals surface area contributed by atoms with Gasteiger partial charge in [0.25, 0.3) is 0 Å². The Bertz CT molecular complexity index is 151. The van der Waals surface area contributed by atoms with Gasteiger partial charge in [-0.1, -0.05) is 0 Å². The summed E-state index contributed by atoms with van der Waals surface area (Å²) in [6, 6.07) is 0. The molecule has 2 fully saturated rings. The van der Waals surface area contributed by atoms with Gasteiger partial charge < -0.3 is 4.90 Å². The maximum Gasteiger partial charge on any atom is 0.141 e. The zero-order chi connectivity index (χ0) is 7.14. The maximum atomic E-state index is 11.3. The molecule has 0 aromatic carbocycles. The number of carbonyl (C=O) groups is 1. The van der Waals surface area contributed by atoms with Crippen LogP contribution in [0.5, 0.6) is 0 Å². The third kappa shape index (κ3) is 0.788. The molecule has 0 radical (unpaired) electrons. The monoisotopic (exact) mass is 139 g/mol.